The molecule has 0 unspecified atom stereocenters. The number of ketones is 1. The average molecular weight is 260 g/mol. The molecule has 1 aromatic heterocycles. The molecule has 0 saturated carbocycles. The minimum atomic E-state index is -0.288. The quantitative estimate of drug-likeness (QED) is 0.861. The van der Waals surface area contributed by atoms with Crippen molar-refractivity contribution < 1.29 is 9.18 Å². The van der Waals surface area contributed by atoms with Gasteiger partial charge in [-0.1, -0.05) is 6.42 Å². The fourth-order valence-corrected chi connectivity index (χ4v) is 2.73. The fraction of sp³-hybridized carbons (Fsp3) is 0.400. The van der Waals surface area contributed by atoms with E-state index < -0.39 is 0 Å². The lowest BCUT2D eigenvalue weighted by molar-refractivity contribution is 0.0917. The number of piperidine rings is 1. The lowest BCUT2D eigenvalue weighted by atomic mass is 10.1. The van der Waals surface area contributed by atoms with Crippen LogP contribution in [0.1, 0.15) is 29.6 Å². The Balaban J connectivity index is 1.81. The van der Waals surface area contributed by atoms with Crippen LogP contribution in [0.2, 0.25) is 0 Å². The highest BCUT2D eigenvalue weighted by atomic mass is 19.1. The number of nitrogens with one attached hydrogen (secondary N) is 1. The van der Waals surface area contributed by atoms with Crippen LogP contribution < -0.4 is 0 Å². The third-order valence-electron chi connectivity index (χ3n) is 3.76. The SMILES string of the molecule is O=C(CN1CCCCC1)c1c[nH]c2cc(F)ccc12. The van der Waals surface area contributed by atoms with Crippen molar-refractivity contribution in [3.05, 3.63) is 35.8 Å². The maximum absolute atomic E-state index is 13.1. The molecular weight excluding hydrogens is 243 g/mol. The molecule has 1 aliphatic heterocycles. The number of fused-ring (bicyclic) bond motifs is 1. The number of aromatic nitrogens is 1. The van der Waals surface area contributed by atoms with E-state index in [-0.39, 0.29) is 11.6 Å². The van der Waals surface area contributed by atoms with E-state index in [0.717, 1.165) is 18.5 Å². The third-order valence-corrected chi connectivity index (χ3v) is 3.76. The number of nitrogens with zero attached hydrogens (tertiary/aromatic N) is 1. The van der Waals surface area contributed by atoms with Crippen molar-refractivity contribution in [2.45, 2.75) is 19.3 Å². The molecule has 1 aromatic carbocycles. The minimum Gasteiger partial charge on any atom is -0.360 e. The summed E-state index contributed by atoms with van der Waals surface area (Å²) in [6.07, 6.45) is 5.30. The lowest BCUT2D eigenvalue weighted by Gasteiger charge is -2.25. The Labute approximate surface area is 111 Å². The first-order valence-corrected chi connectivity index (χ1v) is 6.76. The van der Waals surface area contributed by atoms with E-state index in [0.29, 0.717) is 17.6 Å². The molecule has 0 spiro atoms. The summed E-state index contributed by atoms with van der Waals surface area (Å²) < 4.78 is 13.1. The van der Waals surface area contributed by atoms with Gasteiger partial charge in [0.2, 0.25) is 0 Å². The van der Waals surface area contributed by atoms with Gasteiger partial charge >= 0.3 is 0 Å². The second-order valence-electron chi connectivity index (χ2n) is 5.15. The van der Waals surface area contributed by atoms with Gasteiger partial charge in [0.15, 0.2) is 5.78 Å². The molecule has 1 N–H and O–H groups in total. The molecule has 0 radical (unpaired) electrons. The molecule has 1 aliphatic rings. The monoisotopic (exact) mass is 260 g/mol. The van der Waals surface area contributed by atoms with E-state index in [4.69, 9.17) is 0 Å². The topological polar surface area (TPSA) is 36.1 Å². The molecule has 1 fully saturated rings. The van der Waals surface area contributed by atoms with Gasteiger partial charge in [-0.25, -0.2) is 4.39 Å². The Hall–Kier alpha value is -1.68. The second-order valence-corrected chi connectivity index (χ2v) is 5.15. The van der Waals surface area contributed by atoms with Crippen molar-refractivity contribution >= 4 is 16.7 Å². The van der Waals surface area contributed by atoms with Crippen molar-refractivity contribution in [2.24, 2.45) is 0 Å². The fourth-order valence-electron chi connectivity index (χ4n) is 2.73. The van der Waals surface area contributed by atoms with Crippen LogP contribution in [0.4, 0.5) is 4.39 Å². The zero-order valence-corrected chi connectivity index (χ0v) is 10.8. The zero-order chi connectivity index (χ0) is 13.2. The number of Topliss-reactive ketones (excluding diaryl/α,β-unsaturated/α-hetero) is 1. The van der Waals surface area contributed by atoms with Crippen LogP contribution in [0.3, 0.4) is 0 Å². The summed E-state index contributed by atoms with van der Waals surface area (Å²) in [5, 5.41) is 0.809. The summed E-state index contributed by atoms with van der Waals surface area (Å²) >= 11 is 0. The van der Waals surface area contributed by atoms with E-state index in [9.17, 15) is 9.18 Å². The van der Waals surface area contributed by atoms with Crippen molar-refractivity contribution in [3.63, 3.8) is 0 Å². The van der Waals surface area contributed by atoms with Gasteiger partial charge in [-0.15, -0.1) is 0 Å². The maximum Gasteiger partial charge on any atom is 0.178 e. The van der Waals surface area contributed by atoms with Crippen LogP contribution in [0.15, 0.2) is 24.4 Å². The van der Waals surface area contributed by atoms with E-state index >= 15 is 0 Å². The highest BCUT2D eigenvalue weighted by Gasteiger charge is 2.17. The van der Waals surface area contributed by atoms with Gasteiger partial charge in [-0.2, -0.15) is 0 Å². The van der Waals surface area contributed by atoms with E-state index in [1.807, 2.05) is 0 Å². The van der Waals surface area contributed by atoms with Crippen molar-refractivity contribution in [3.8, 4) is 0 Å². The number of hydrogen-bond acceptors (Lipinski definition) is 2. The number of rotatable bonds is 3. The molecule has 0 aliphatic carbocycles. The first kappa shape index (κ1) is 12.4. The van der Waals surface area contributed by atoms with Gasteiger partial charge in [0.1, 0.15) is 5.82 Å². The van der Waals surface area contributed by atoms with Gasteiger partial charge in [0.25, 0.3) is 0 Å². The highest BCUT2D eigenvalue weighted by molar-refractivity contribution is 6.08. The molecule has 1 saturated heterocycles. The van der Waals surface area contributed by atoms with Crippen LogP contribution in [0, 0.1) is 5.82 Å². The standard InChI is InChI=1S/C15H17FN2O/c16-11-4-5-12-13(9-17-14(12)8-11)15(19)10-18-6-2-1-3-7-18/h4-5,8-9,17H,1-3,6-7,10H2. The Bertz CT molecular complexity index is 599. The van der Waals surface area contributed by atoms with E-state index in [2.05, 4.69) is 9.88 Å². The molecule has 19 heavy (non-hydrogen) atoms. The number of carbonyl (C=O) groups excluding carboxylic acids is 1. The van der Waals surface area contributed by atoms with Crippen LogP contribution in [-0.4, -0.2) is 35.3 Å². The first-order chi connectivity index (χ1) is 9.24. The molecule has 3 rings (SSSR count). The Morgan fingerprint density at radius 3 is 2.84 bits per heavy atom. The summed E-state index contributed by atoms with van der Waals surface area (Å²) in [7, 11) is 0. The Morgan fingerprint density at radius 1 is 1.26 bits per heavy atom. The number of hydrogen-bond donors (Lipinski definition) is 1. The van der Waals surface area contributed by atoms with Gasteiger partial charge in [-0.3, -0.25) is 9.69 Å². The summed E-state index contributed by atoms with van der Waals surface area (Å²) in [6, 6.07) is 4.49. The van der Waals surface area contributed by atoms with Crippen molar-refractivity contribution in [2.75, 3.05) is 19.6 Å². The molecule has 0 bridgehead atoms. The molecule has 100 valence electrons. The summed E-state index contributed by atoms with van der Waals surface area (Å²) in [4.78, 5) is 17.5. The van der Waals surface area contributed by atoms with Gasteiger partial charge in [0, 0.05) is 22.7 Å². The number of aromatic amines is 1. The van der Waals surface area contributed by atoms with E-state index in [1.165, 1.54) is 31.4 Å². The molecule has 0 amide bonds. The molecule has 4 heteroatoms. The smallest absolute Gasteiger partial charge is 0.178 e. The molecule has 2 heterocycles. The summed E-state index contributed by atoms with van der Waals surface area (Å²) in [5.74, 6) is -0.177. The predicted molar refractivity (Wildman–Crippen MR) is 72.9 cm³/mol. The van der Waals surface area contributed by atoms with Crippen LogP contribution in [-0.2, 0) is 0 Å². The number of halogens is 1. The molecule has 0 atom stereocenters. The molecule has 3 nitrogen and oxygen atoms in total. The predicted octanol–water partition coefficient (Wildman–Crippen LogP) is 2.98. The van der Waals surface area contributed by atoms with Crippen molar-refractivity contribution in [1.82, 2.24) is 9.88 Å². The zero-order valence-electron chi connectivity index (χ0n) is 10.8. The highest BCUT2D eigenvalue weighted by Crippen LogP contribution is 2.20. The largest absolute Gasteiger partial charge is 0.360 e. The van der Waals surface area contributed by atoms with E-state index in [1.54, 1.807) is 12.3 Å². The Morgan fingerprint density at radius 2 is 2.05 bits per heavy atom. The first-order valence-electron chi connectivity index (χ1n) is 6.76. The number of benzene rings is 1. The minimum absolute atomic E-state index is 0.111. The summed E-state index contributed by atoms with van der Waals surface area (Å²) in [5.41, 5.74) is 1.35. The number of likely N-dealkylation sites (tertiary alicyclic amines) is 1. The van der Waals surface area contributed by atoms with Crippen molar-refractivity contribution in [1.29, 1.82) is 0 Å². The van der Waals surface area contributed by atoms with Gasteiger partial charge in [-0.05, 0) is 44.1 Å². The second kappa shape index (κ2) is 5.13. The Kier molecular flexibility index (Phi) is 3.34. The molecule has 2 aromatic rings. The molecular formula is C15H17FN2O. The normalized spacial score (nSPS) is 16.9. The number of H-pyrrole nitrogens is 1. The average Bonchev–Trinajstić information content (AvgIpc) is 2.82. The summed E-state index contributed by atoms with van der Waals surface area (Å²) in [6.45, 7) is 2.47. The van der Waals surface area contributed by atoms with Crippen LogP contribution >= 0.6 is 0 Å². The number of carbonyl (C=O) groups is 1. The van der Waals surface area contributed by atoms with Gasteiger partial charge in [0.05, 0.1) is 6.54 Å². The van der Waals surface area contributed by atoms with Gasteiger partial charge < -0.3 is 4.98 Å². The third kappa shape index (κ3) is 2.54. The maximum atomic E-state index is 13.1. The van der Waals surface area contributed by atoms with Crippen LogP contribution in [0.25, 0.3) is 10.9 Å². The lowest BCUT2D eigenvalue weighted by Crippen LogP contribution is -2.34. The van der Waals surface area contributed by atoms with Crippen LogP contribution in [0.5, 0.6) is 0 Å².